The first-order valence-electron chi connectivity index (χ1n) is 5.46. The van der Waals surface area contributed by atoms with E-state index in [1.165, 1.54) is 10.4 Å². The summed E-state index contributed by atoms with van der Waals surface area (Å²) in [4.78, 5) is 10.6. The van der Waals surface area contributed by atoms with Gasteiger partial charge in [0.25, 0.3) is 10.2 Å². The normalized spacial score (nSPS) is 11.9. The number of furan rings is 1. The zero-order valence-corrected chi connectivity index (χ0v) is 11.0. The van der Waals surface area contributed by atoms with Gasteiger partial charge in [-0.15, -0.1) is 0 Å². The number of nitrogens with one attached hydrogen (secondary N) is 1. The van der Waals surface area contributed by atoms with Gasteiger partial charge in [-0.05, 0) is 6.07 Å². The molecule has 0 spiro atoms. The minimum absolute atomic E-state index is 0.00737. The molecule has 0 saturated carbocycles. The third kappa shape index (κ3) is 3.56. The highest BCUT2D eigenvalue weighted by molar-refractivity contribution is 7.87. The van der Waals surface area contributed by atoms with Crippen molar-refractivity contribution < 1.29 is 22.7 Å². The maximum Gasteiger partial charge on any atom is 0.338 e. The van der Waals surface area contributed by atoms with Crippen molar-refractivity contribution in [2.75, 3.05) is 13.1 Å². The predicted octanol–water partition coefficient (Wildman–Crippen LogP) is 0.654. The lowest BCUT2D eigenvalue weighted by atomic mass is 10.3. The Bertz CT molecular complexity index is 504. The molecule has 0 radical (unpaired) electrons. The highest BCUT2D eigenvalue weighted by Crippen LogP contribution is 2.08. The largest absolute Gasteiger partial charge is 0.478 e. The first-order valence-corrected chi connectivity index (χ1v) is 6.90. The van der Waals surface area contributed by atoms with E-state index in [2.05, 4.69) is 4.72 Å². The minimum atomic E-state index is -3.56. The Morgan fingerprint density at radius 1 is 1.44 bits per heavy atom. The fourth-order valence-electron chi connectivity index (χ4n) is 1.40. The lowest BCUT2D eigenvalue weighted by molar-refractivity contribution is 0.0696. The fourth-order valence-corrected chi connectivity index (χ4v) is 2.59. The predicted molar refractivity (Wildman–Crippen MR) is 64.3 cm³/mol. The molecule has 0 aliphatic heterocycles. The summed E-state index contributed by atoms with van der Waals surface area (Å²) in [6.07, 6.45) is 1.07. The molecule has 18 heavy (non-hydrogen) atoms. The highest BCUT2D eigenvalue weighted by Gasteiger charge is 2.18. The van der Waals surface area contributed by atoms with Crippen LogP contribution in [0.4, 0.5) is 0 Å². The summed E-state index contributed by atoms with van der Waals surface area (Å²) in [5, 5.41) is 8.68. The van der Waals surface area contributed by atoms with Crippen LogP contribution in [0.5, 0.6) is 0 Å². The van der Waals surface area contributed by atoms with Crippen molar-refractivity contribution in [2.45, 2.75) is 20.4 Å². The van der Waals surface area contributed by atoms with Crippen molar-refractivity contribution in [3.8, 4) is 0 Å². The summed E-state index contributed by atoms with van der Waals surface area (Å²) in [7, 11) is -3.56. The number of aromatic carboxylic acids is 1. The lowest BCUT2D eigenvalue weighted by Gasteiger charge is -2.18. The molecule has 1 aromatic heterocycles. The van der Waals surface area contributed by atoms with Crippen molar-refractivity contribution in [3.05, 3.63) is 23.7 Å². The van der Waals surface area contributed by atoms with Gasteiger partial charge in [-0.3, -0.25) is 0 Å². The molecule has 0 saturated heterocycles. The molecule has 1 aromatic rings. The average Bonchev–Trinajstić information content (AvgIpc) is 2.76. The number of carbonyl (C=O) groups is 1. The molecular weight excluding hydrogens is 260 g/mol. The van der Waals surface area contributed by atoms with E-state index >= 15 is 0 Å². The topological polar surface area (TPSA) is 99.9 Å². The van der Waals surface area contributed by atoms with Crippen LogP contribution in [0.3, 0.4) is 0 Å². The van der Waals surface area contributed by atoms with Gasteiger partial charge in [0.15, 0.2) is 0 Å². The molecule has 1 rings (SSSR count). The summed E-state index contributed by atoms with van der Waals surface area (Å²) in [6, 6.07) is 1.28. The molecule has 0 atom stereocenters. The molecule has 0 aromatic carbocycles. The first-order chi connectivity index (χ1) is 8.40. The van der Waals surface area contributed by atoms with Crippen LogP contribution < -0.4 is 4.72 Å². The van der Waals surface area contributed by atoms with Crippen LogP contribution in [0.25, 0.3) is 0 Å². The molecule has 0 aliphatic rings. The molecule has 8 heteroatoms. The van der Waals surface area contributed by atoms with E-state index in [-0.39, 0.29) is 17.9 Å². The van der Waals surface area contributed by atoms with E-state index in [0.717, 1.165) is 6.26 Å². The van der Waals surface area contributed by atoms with Crippen molar-refractivity contribution >= 4 is 16.2 Å². The van der Waals surface area contributed by atoms with Gasteiger partial charge in [0.1, 0.15) is 12.0 Å². The van der Waals surface area contributed by atoms with Crippen LogP contribution in [0.2, 0.25) is 0 Å². The Labute approximate surface area is 106 Å². The van der Waals surface area contributed by atoms with Gasteiger partial charge in [-0.1, -0.05) is 13.8 Å². The van der Waals surface area contributed by atoms with Gasteiger partial charge in [0, 0.05) is 13.1 Å². The Kier molecular flexibility index (Phi) is 4.88. The summed E-state index contributed by atoms with van der Waals surface area (Å²) in [5.41, 5.74) is -0.00737. The number of hydrogen-bond donors (Lipinski definition) is 2. The number of carboxylic acids is 1. The second-order valence-corrected chi connectivity index (χ2v) is 5.27. The first kappa shape index (κ1) is 14.7. The Hall–Kier alpha value is -1.38. The van der Waals surface area contributed by atoms with Crippen molar-refractivity contribution in [1.29, 1.82) is 0 Å². The third-order valence-corrected chi connectivity index (χ3v) is 4.08. The molecule has 7 nitrogen and oxygen atoms in total. The maximum absolute atomic E-state index is 11.8. The van der Waals surface area contributed by atoms with E-state index in [9.17, 15) is 13.2 Å². The van der Waals surface area contributed by atoms with Crippen molar-refractivity contribution in [2.24, 2.45) is 0 Å². The smallest absolute Gasteiger partial charge is 0.338 e. The average molecular weight is 276 g/mol. The van der Waals surface area contributed by atoms with Crippen LogP contribution in [-0.2, 0) is 16.8 Å². The Morgan fingerprint density at radius 2 is 2.06 bits per heavy atom. The highest BCUT2D eigenvalue weighted by atomic mass is 32.2. The van der Waals surface area contributed by atoms with Gasteiger partial charge < -0.3 is 9.52 Å². The van der Waals surface area contributed by atoms with Gasteiger partial charge in [0.2, 0.25) is 0 Å². The van der Waals surface area contributed by atoms with Gasteiger partial charge in [-0.2, -0.15) is 17.4 Å². The Morgan fingerprint density at radius 3 is 2.50 bits per heavy atom. The summed E-state index contributed by atoms with van der Waals surface area (Å²) in [6.45, 7) is 4.12. The van der Waals surface area contributed by atoms with E-state index in [4.69, 9.17) is 9.52 Å². The molecule has 0 unspecified atom stereocenters. The van der Waals surface area contributed by atoms with E-state index in [0.29, 0.717) is 13.1 Å². The quantitative estimate of drug-likeness (QED) is 0.761. The fraction of sp³-hybridized carbons (Fsp3) is 0.500. The maximum atomic E-state index is 11.8. The molecule has 0 fully saturated rings. The SMILES string of the molecule is CCN(CC)S(=O)(=O)NCc1cc(C(=O)O)co1. The number of nitrogens with zero attached hydrogens (tertiary/aromatic N) is 1. The standard InChI is InChI=1S/C10H16N2O5S/c1-3-12(4-2)18(15,16)11-6-9-5-8(7-17-9)10(13)14/h5,7,11H,3-4,6H2,1-2H3,(H,13,14). The zero-order valence-electron chi connectivity index (χ0n) is 10.2. The number of rotatable bonds is 7. The van der Waals surface area contributed by atoms with Crippen LogP contribution in [-0.4, -0.2) is 36.9 Å². The monoisotopic (exact) mass is 276 g/mol. The van der Waals surface area contributed by atoms with Crippen LogP contribution in [0.1, 0.15) is 30.0 Å². The number of hydrogen-bond acceptors (Lipinski definition) is 4. The van der Waals surface area contributed by atoms with Gasteiger partial charge >= 0.3 is 5.97 Å². The molecule has 2 N–H and O–H groups in total. The van der Waals surface area contributed by atoms with Crippen LogP contribution in [0.15, 0.2) is 16.7 Å². The van der Waals surface area contributed by atoms with Crippen LogP contribution in [0, 0.1) is 0 Å². The molecule has 0 amide bonds. The van der Waals surface area contributed by atoms with E-state index < -0.39 is 16.2 Å². The van der Waals surface area contributed by atoms with E-state index in [1.54, 1.807) is 13.8 Å². The third-order valence-electron chi connectivity index (χ3n) is 2.37. The molecule has 0 bridgehead atoms. The van der Waals surface area contributed by atoms with Crippen molar-refractivity contribution in [1.82, 2.24) is 9.03 Å². The van der Waals surface area contributed by atoms with Gasteiger partial charge in [-0.25, -0.2) is 4.79 Å². The molecule has 0 aliphatic carbocycles. The minimum Gasteiger partial charge on any atom is -0.478 e. The van der Waals surface area contributed by atoms with Gasteiger partial charge in [0.05, 0.1) is 12.1 Å². The Balaban J connectivity index is 2.66. The molecule has 102 valence electrons. The lowest BCUT2D eigenvalue weighted by Crippen LogP contribution is -2.40. The van der Waals surface area contributed by atoms with Crippen molar-refractivity contribution in [3.63, 3.8) is 0 Å². The molecule has 1 heterocycles. The number of carboxylic acid groups (broad SMARTS) is 1. The summed E-state index contributed by atoms with van der Waals surface area (Å²) >= 11 is 0. The zero-order chi connectivity index (χ0) is 13.8. The summed E-state index contributed by atoms with van der Waals surface area (Å²) < 4.78 is 32.1. The van der Waals surface area contributed by atoms with E-state index in [1.807, 2.05) is 0 Å². The second-order valence-electron chi connectivity index (χ2n) is 3.52. The second kappa shape index (κ2) is 5.98. The summed E-state index contributed by atoms with van der Waals surface area (Å²) in [5.74, 6) is -0.861. The van der Waals surface area contributed by atoms with Crippen LogP contribution >= 0.6 is 0 Å². The molecular formula is C10H16N2O5S.